The number of nitrogens with zero attached hydrogens (tertiary/aromatic N) is 4. The first-order valence-electron chi connectivity index (χ1n) is 10.9. The Labute approximate surface area is 172 Å². The molecule has 3 aliphatic rings. The number of carbonyl (C=O) groups is 3. The van der Waals surface area contributed by atoms with Crippen LogP contribution in [0.3, 0.4) is 0 Å². The summed E-state index contributed by atoms with van der Waals surface area (Å²) in [5.41, 5.74) is 0. The molecule has 9 nitrogen and oxygen atoms in total. The fourth-order valence-electron chi connectivity index (χ4n) is 4.22. The predicted molar refractivity (Wildman–Crippen MR) is 106 cm³/mol. The molecule has 29 heavy (non-hydrogen) atoms. The zero-order chi connectivity index (χ0) is 20.6. The number of hydrogen-bond acceptors (Lipinski definition) is 6. The zero-order valence-corrected chi connectivity index (χ0v) is 17.5. The van der Waals surface area contributed by atoms with Crippen LogP contribution in [-0.4, -0.2) is 116 Å². The Balaban J connectivity index is 1.42. The molecule has 3 aliphatic heterocycles. The van der Waals surface area contributed by atoms with Crippen molar-refractivity contribution >= 4 is 17.9 Å². The van der Waals surface area contributed by atoms with Gasteiger partial charge in [-0.3, -0.25) is 14.5 Å². The monoisotopic (exact) mass is 410 g/mol. The largest absolute Gasteiger partial charge is 0.450 e. The summed E-state index contributed by atoms with van der Waals surface area (Å²) < 4.78 is 10.4. The third-order valence-electron chi connectivity index (χ3n) is 5.97. The number of piperidine rings is 1. The predicted octanol–water partition coefficient (Wildman–Crippen LogP) is 0.248. The van der Waals surface area contributed by atoms with Gasteiger partial charge in [0, 0.05) is 65.3 Å². The molecule has 0 aromatic heterocycles. The van der Waals surface area contributed by atoms with Crippen LogP contribution >= 0.6 is 0 Å². The Kier molecular flexibility index (Phi) is 8.11. The van der Waals surface area contributed by atoms with Crippen molar-refractivity contribution in [3.63, 3.8) is 0 Å². The van der Waals surface area contributed by atoms with Crippen molar-refractivity contribution in [3.8, 4) is 0 Å². The highest BCUT2D eigenvalue weighted by Gasteiger charge is 2.34. The van der Waals surface area contributed by atoms with Crippen molar-refractivity contribution in [2.45, 2.75) is 26.2 Å². The van der Waals surface area contributed by atoms with Crippen molar-refractivity contribution < 1.29 is 23.9 Å². The summed E-state index contributed by atoms with van der Waals surface area (Å²) in [5.74, 6) is 0.132. The van der Waals surface area contributed by atoms with E-state index in [9.17, 15) is 14.4 Å². The second-order valence-electron chi connectivity index (χ2n) is 7.89. The molecular weight excluding hydrogens is 376 g/mol. The van der Waals surface area contributed by atoms with E-state index in [-0.39, 0.29) is 23.8 Å². The van der Waals surface area contributed by atoms with Crippen LogP contribution in [0.15, 0.2) is 0 Å². The lowest BCUT2D eigenvalue weighted by Crippen LogP contribution is -2.54. The van der Waals surface area contributed by atoms with Crippen LogP contribution in [0.4, 0.5) is 4.79 Å². The molecule has 1 atom stereocenters. The molecule has 0 radical (unpaired) electrons. The third-order valence-corrected chi connectivity index (χ3v) is 5.97. The van der Waals surface area contributed by atoms with E-state index < -0.39 is 0 Å². The summed E-state index contributed by atoms with van der Waals surface area (Å²) >= 11 is 0. The molecule has 0 saturated carbocycles. The van der Waals surface area contributed by atoms with Crippen LogP contribution in [-0.2, 0) is 19.1 Å². The summed E-state index contributed by atoms with van der Waals surface area (Å²) in [6, 6.07) is 0. The van der Waals surface area contributed by atoms with E-state index >= 15 is 0 Å². The van der Waals surface area contributed by atoms with Gasteiger partial charge in [-0.2, -0.15) is 0 Å². The average molecular weight is 411 g/mol. The third kappa shape index (κ3) is 6.05. The Morgan fingerprint density at radius 2 is 1.72 bits per heavy atom. The number of carbonyl (C=O) groups excluding carboxylic acids is 3. The minimum absolute atomic E-state index is 0.110. The first-order chi connectivity index (χ1) is 14.1. The molecule has 0 spiro atoms. The topological polar surface area (TPSA) is 82.6 Å². The second kappa shape index (κ2) is 10.8. The van der Waals surface area contributed by atoms with Gasteiger partial charge in [0.2, 0.25) is 11.8 Å². The van der Waals surface area contributed by atoms with Crippen molar-refractivity contribution in [1.29, 1.82) is 0 Å². The number of piperazine rings is 1. The maximum absolute atomic E-state index is 13.0. The second-order valence-corrected chi connectivity index (χ2v) is 7.89. The summed E-state index contributed by atoms with van der Waals surface area (Å²) in [6.45, 7) is 9.84. The van der Waals surface area contributed by atoms with Crippen molar-refractivity contribution in [2.75, 3.05) is 78.7 Å². The van der Waals surface area contributed by atoms with Gasteiger partial charge in [0.1, 0.15) is 0 Å². The lowest BCUT2D eigenvalue weighted by Gasteiger charge is -2.38. The van der Waals surface area contributed by atoms with Gasteiger partial charge in [-0.15, -0.1) is 0 Å². The normalized spacial score (nSPS) is 24.0. The Morgan fingerprint density at radius 1 is 1.03 bits per heavy atom. The first kappa shape index (κ1) is 21.8. The van der Waals surface area contributed by atoms with Gasteiger partial charge in [0.05, 0.1) is 25.7 Å². The van der Waals surface area contributed by atoms with Gasteiger partial charge in [-0.1, -0.05) is 0 Å². The van der Waals surface area contributed by atoms with Crippen LogP contribution < -0.4 is 0 Å². The summed E-state index contributed by atoms with van der Waals surface area (Å²) in [4.78, 5) is 44.8. The molecule has 9 heteroatoms. The Hall–Kier alpha value is -1.87. The van der Waals surface area contributed by atoms with Crippen molar-refractivity contribution in [3.05, 3.63) is 0 Å². The average Bonchev–Trinajstić information content (AvgIpc) is 2.75. The summed E-state index contributed by atoms with van der Waals surface area (Å²) in [6.07, 6.45) is 1.67. The van der Waals surface area contributed by atoms with Gasteiger partial charge in [0.15, 0.2) is 0 Å². The quantitative estimate of drug-likeness (QED) is 0.624. The smallest absolute Gasteiger partial charge is 0.409 e. The molecule has 3 rings (SSSR count). The molecule has 0 bridgehead atoms. The summed E-state index contributed by atoms with van der Waals surface area (Å²) in [7, 11) is 0. The molecule has 164 valence electrons. The SMILES string of the molecule is CCOC(=O)N1CCN(C(=O)C2CCC(=O)N(CCCN3CCOCC3)C2)CC1. The number of ether oxygens (including phenoxy) is 2. The van der Waals surface area contributed by atoms with Gasteiger partial charge in [-0.25, -0.2) is 4.79 Å². The van der Waals surface area contributed by atoms with Crippen LogP contribution in [0.2, 0.25) is 0 Å². The molecule has 0 aromatic rings. The van der Waals surface area contributed by atoms with Gasteiger partial charge in [-0.05, 0) is 19.8 Å². The highest BCUT2D eigenvalue weighted by molar-refractivity contribution is 5.84. The number of likely N-dealkylation sites (tertiary alicyclic amines) is 1. The first-order valence-corrected chi connectivity index (χ1v) is 10.9. The molecule has 3 amide bonds. The minimum atomic E-state index is -0.311. The molecule has 0 aromatic carbocycles. The molecule has 3 heterocycles. The maximum Gasteiger partial charge on any atom is 0.409 e. The van der Waals surface area contributed by atoms with Crippen LogP contribution in [0, 0.1) is 5.92 Å². The van der Waals surface area contributed by atoms with E-state index in [1.807, 2.05) is 9.80 Å². The Bertz CT molecular complexity index is 573. The van der Waals surface area contributed by atoms with E-state index in [0.29, 0.717) is 58.7 Å². The molecule has 0 N–H and O–H groups in total. The lowest BCUT2D eigenvalue weighted by molar-refractivity contribution is -0.144. The zero-order valence-electron chi connectivity index (χ0n) is 17.5. The molecule has 3 fully saturated rings. The number of amides is 3. The van der Waals surface area contributed by atoms with Crippen molar-refractivity contribution in [2.24, 2.45) is 5.92 Å². The van der Waals surface area contributed by atoms with E-state index in [0.717, 1.165) is 39.3 Å². The highest BCUT2D eigenvalue weighted by Crippen LogP contribution is 2.21. The van der Waals surface area contributed by atoms with E-state index in [1.165, 1.54) is 0 Å². The Morgan fingerprint density at radius 3 is 2.41 bits per heavy atom. The fourth-order valence-corrected chi connectivity index (χ4v) is 4.22. The number of rotatable bonds is 6. The maximum atomic E-state index is 13.0. The van der Waals surface area contributed by atoms with Gasteiger partial charge < -0.3 is 24.2 Å². The van der Waals surface area contributed by atoms with Crippen LogP contribution in [0.5, 0.6) is 0 Å². The molecule has 3 saturated heterocycles. The standard InChI is InChI=1S/C20H34N4O5/c1-2-29-20(27)23-10-8-22(9-11-23)19(26)17-4-5-18(25)24(16-17)7-3-6-21-12-14-28-15-13-21/h17H,2-16H2,1H3. The number of morpholine rings is 1. The molecule has 1 unspecified atom stereocenters. The molecular formula is C20H34N4O5. The van der Waals surface area contributed by atoms with E-state index in [2.05, 4.69) is 4.90 Å². The van der Waals surface area contributed by atoms with Crippen LogP contribution in [0.1, 0.15) is 26.2 Å². The number of hydrogen-bond donors (Lipinski definition) is 0. The lowest BCUT2D eigenvalue weighted by atomic mass is 9.95. The van der Waals surface area contributed by atoms with E-state index in [1.54, 1.807) is 11.8 Å². The minimum Gasteiger partial charge on any atom is -0.450 e. The fraction of sp³-hybridized carbons (Fsp3) is 0.850. The molecule has 0 aliphatic carbocycles. The van der Waals surface area contributed by atoms with Gasteiger partial charge >= 0.3 is 6.09 Å². The highest BCUT2D eigenvalue weighted by atomic mass is 16.6. The summed E-state index contributed by atoms with van der Waals surface area (Å²) in [5, 5.41) is 0. The van der Waals surface area contributed by atoms with Gasteiger partial charge in [0.25, 0.3) is 0 Å². The van der Waals surface area contributed by atoms with E-state index in [4.69, 9.17) is 9.47 Å². The van der Waals surface area contributed by atoms with Crippen molar-refractivity contribution in [1.82, 2.24) is 19.6 Å². The van der Waals surface area contributed by atoms with Crippen LogP contribution in [0.25, 0.3) is 0 Å².